The summed E-state index contributed by atoms with van der Waals surface area (Å²) in [6.07, 6.45) is 4.79. The molecule has 0 unspecified atom stereocenters. The van der Waals surface area contributed by atoms with E-state index in [2.05, 4.69) is 22.8 Å². The average Bonchev–Trinajstić information content (AvgIpc) is 2.65. The fourth-order valence-electron chi connectivity index (χ4n) is 4.40. The maximum absolute atomic E-state index is 12.6. The largest absolute Gasteiger partial charge is 0.491 e. The summed E-state index contributed by atoms with van der Waals surface area (Å²) >= 11 is 0. The minimum atomic E-state index is 0.118. The number of hydrogen-bond acceptors (Lipinski definition) is 4. The van der Waals surface area contributed by atoms with Gasteiger partial charge in [0.15, 0.2) is 0 Å². The Kier molecular flexibility index (Phi) is 5.22. The van der Waals surface area contributed by atoms with E-state index in [-0.39, 0.29) is 5.91 Å². The van der Waals surface area contributed by atoms with Crippen molar-refractivity contribution in [3.05, 3.63) is 23.8 Å². The van der Waals surface area contributed by atoms with Crippen molar-refractivity contribution in [3.63, 3.8) is 0 Å². The van der Waals surface area contributed by atoms with E-state index >= 15 is 0 Å². The molecule has 1 aromatic rings. The summed E-state index contributed by atoms with van der Waals surface area (Å²) in [6.45, 7) is 4.36. The summed E-state index contributed by atoms with van der Waals surface area (Å²) in [5.74, 6) is 2.42. The van der Waals surface area contributed by atoms with Gasteiger partial charge >= 0.3 is 0 Å². The fraction of sp³-hybridized carbons (Fsp3) is 0.650. The van der Waals surface area contributed by atoms with E-state index < -0.39 is 0 Å². The lowest BCUT2D eigenvalue weighted by molar-refractivity contribution is -0.117. The van der Waals surface area contributed by atoms with Crippen molar-refractivity contribution >= 4 is 11.6 Å². The summed E-state index contributed by atoms with van der Waals surface area (Å²) in [4.78, 5) is 12.6. The third-order valence-corrected chi connectivity index (χ3v) is 5.93. The highest BCUT2D eigenvalue weighted by Gasteiger charge is 2.28. The van der Waals surface area contributed by atoms with Crippen LogP contribution < -0.4 is 15.4 Å². The predicted molar refractivity (Wildman–Crippen MR) is 97.1 cm³/mol. The predicted octanol–water partition coefficient (Wildman–Crippen LogP) is 2.92. The highest BCUT2D eigenvalue weighted by Crippen LogP contribution is 2.35. The Hall–Kier alpha value is -1.59. The maximum Gasteiger partial charge on any atom is 0.224 e. The molecule has 0 bridgehead atoms. The number of hydrogen-bond donors (Lipinski definition) is 2. The first-order chi connectivity index (χ1) is 12.3. The number of piperidine rings is 1. The Morgan fingerprint density at radius 2 is 1.88 bits per heavy atom. The van der Waals surface area contributed by atoms with E-state index in [0.717, 1.165) is 63.4 Å². The second-order valence-corrected chi connectivity index (χ2v) is 7.54. The molecule has 3 aliphatic rings. The van der Waals surface area contributed by atoms with E-state index in [4.69, 9.17) is 9.47 Å². The number of rotatable bonds is 1. The van der Waals surface area contributed by atoms with E-state index in [9.17, 15) is 4.79 Å². The number of amides is 1. The summed E-state index contributed by atoms with van der Waals surface area (Å²) in [5.41, 5.74) is 2.11. The molecule has 136 valence electrons. The second-order valence-electron chi connectivity index (χ2n) is 7.54. The Labute approximate surface area is 149 Å². The zero-order valence-corrected chi connectivity index (χ0v) is 14.8. The average molecular weight is 344 g/mol. The monoisotopic (exact) mass is 344 g/mol. The summed E-state index contributed by atoms with van der Waals surface area (Å²) < 4.78 is 11.5. The molecule has 4 rings (SSSR count). The summed E-state index contributed by atoms with van der Waals surface area (Å²) in [7, 11) is 0. The van der Waals surface area contributed by atoms with Gasteiger partial charge in [0.25, 0.3) is 0 Å². The topological polar surface area (TPSA) is 59.6 Å². The van der Waals surface area contributed by atoms with Crippen molar-refractivity contribution < 1.29 is 14.3 Å². The molecule has 1 aromatic carbocycles. The molecule has 3 aliphatic heterocycles. The van der Waals surface area contributed by atoms with Gasteiger partial charge in [-0.1, -0.05) is 6.07 Å². The van der Waals surface area contributed by atoms with Gasteiger partial charge < -0.3 is 20.1 Å². The number of carbonyl (C=O) groups is 1. The van der Waals surface area contributed by atoms with Gasteiger partial charge in [-0.25, -0.2) is 0 Å². The van der Waals surface area contributed by atoms with Crippen molar-refractivity contribution in [1.82, 2.24) is 5.32 Å². The Morgan fingerprint density at radius 3 is 2.76 bits per heavy atom. The molecule has 0 spiro atoms. The molecule has 0 radical (unpaired) electrons. The molecule has 5 nitrogen and oxygen atoms in total. The van der Waals surface area contributed by atoms with Crippen LogP contribution in [-0.4, -0.2) is 38.8 Å². The van der Waals surface area contributed by atoms with Crippen molar-refractivity contribution in [2.45, 2.75) is 38.0 Å². The molecule has 2 atom stereocenters. The molecule has 1 amide bonds. The first-order valence-corrected chi connectivity index (χ1v) is 9.64. The first kappa shape index (κ1) is 16.9. The molecule has 0 saturated carbocycles. The van der Waals surface area contributed by atoms with Crippen LogP contribution in [0.2, 0.25) is 0 Å². The molecular weight excluding hydrogens is 316 g/mol. The SMILES string of the molecule is O=C1C[C@@H]2CCNC[C@@H]2CCOc2ccc(C3CCOCC3)cc2N1. The Balaban J connectivity index is 1.54. The van der Waals surface area contributed by atoms with Crippen molar-refractivity contribution in [2.24, 2.45) is 11.8 Å². The lowest BCUT2D eigenvalue weighted by Crippen LogP contribution is -2.39. The van der Waals surface area contributed by atoms with Gasteiger partial charge in [-0.15, -0.1) is 0 Å². The van der Waals surface area contributed by atoms with Crippen LogP contribution in [-0.2, 0) is 9.53 Å². The van der Waals surface area contributed by atoms with Crippen LogP contribution in [0.15, 0.2) is 18.2 Å². The number of fused-ring (bicyclic) bond motifs is 2. The molecule has 0 aromatic heterocycles. The van der Waals surface area contributed by atoms with Crippen LogP contribution >= 0.6 is 0 Å². The van der Waals surface area contributed by atoms with Gasteiger partial charge in [0.1, 0.15) is 5.75 Å². The lowest BCUT2D eigenvalue weighted by atomic mass is 9.82. The zero-order valence-electron chi connectivity index (χ0n) is 14.8. The maximum atomic E-state index is 12.6. The molecule has 2 N–H and O–H groups in total. The minimum Gasteiger partial charge on any atom is -0.491 e. The van der Waals surface area contributed by atoms with Crippen LogP contribution in [0.3, 0.4) is 0 Å². The number of nitrogens with one attached hydrogen (secondary N) is 2. The van der Waals surface area contributed by atoms with E-state index in [1.54, 1.807) is 0 Å². The van der Waals surface area contributed by atoms with Crippen molar-refractivity contribution in [1.29, 1.82) is 0 Å². The van der Waals surface area contributed by atoms with Crippen LogP contribution in [0, 0.1) is 11.8 Å². The summed E-state index contributed by atoms with van der Waals surface area (Å²) in [5, 5.41) is 6.58. The van der Waals surface area contributed by atoms with Gasteiger partial charge in [0, 0.05) is 19.6 Å². The molecule has 2 fully saturated rings. The van der Waals surface area contributed by atoms with E-state index in [0.29, 0.717) is 30.8 Å². The minimum absolute atomic E-state index is 0.118. The number of anilines is 1. The molecular formula is C20H28N2O3. The third-order valence-electron chi connectivity index (χ3n) is 5.93. The normalized spacial score (nSPS) is 28.2. The first-order valence-electron chi connectivity index (χ1n) is 9.64. The fourth-order valence-corrected chi connectivity index (χ4v) is 4.40. The van der Waals surface area contributed by atoms with Gasteiger partial charge in [-0.3, -0.25) is 4.79 Å². The number of ether oxygens (including phenoxy) is 2. The van der Waals surface area contributed by atoms with E-state index in [1.165, 1.54) is 5.56 Å². The van der Waals surface area contributed by atoms with Gasteiger partial charge in [-0.05, 0) is 74.2 Å². The molecule has 3 heterocycles. The zero-order chi connectivity index (χ0) is 17.1. The van der Waals surface area contributed by atoms with Crippen LogP contribution in [0.1, 0.15) is 43.6 Å². The van der Waals surface area contributed by atoms with Gasteiger partial charge in [-0.2, -0.15) is 0 Å². The third kappa shape index (κ3) is 3.98. The number of benzene rings is 1. The molecule has 25 heavy (non-hydrogen) atoms. The molecule has 2 saturated heterocycles. The standard InChI is InChI=1S/C20H28N2O3/c23-20-12-16-3-7-21-13-17(16)6-10-25-19-2-1-15(11-18(19)22-20)14-4-8-24-9-5-14/h1-2,11,14,16-17,21H,3-10,12-13H2,(H,22,23)/t16-,17-/m0/s1. The molecule has 5 heteroatoms. The van der Waals surface area contributed by atoms with E-state index in [1.807, 2.05) is 6.07 Å². The smallest absolute Gasteiger partial charge is 0.224 e. The van der Waals surface area contributed by atoms with Crippen molar-refractivity contribution in [3.8, 4) is 5.75 Å². The lowest BCUT2D eigenvalue weighted by Gasteiger charge is -2.33. The highest BCUT2D eigenvalue weighted by molar-refractivity contribution is 5.92. The Morgan fingerprint density at radius 1 is 1.00 bits per heavy atom. The Bertz CT molecular complexity index is 613. The highest BCUT2D eigenvalue weighted by atomic mass is 16.5. The van der Waals surface area contributed by atoms with Gasteiger partial charge in [0.05, 0.1) is 12.3 Å². The summed E-state index contributed by atoms with van der Waals surface area (Å²) in [6, 6.07) is 6.29. The van der Waals surface area contributed by atoms with Gasteiger partial charge in [0.2, 0.25) is 5.91 Å². The number of carbonyl (C=O) groups excluding carboxylic acids is 1. The second kappa shape index (κ2) is 7.75. The quantitative estimate of drug-likeness (QED) is 0.822. The van der Waals surface area contributed by atoms with Crippen molar-refractivity contribution in [2.75, 3.05) is 38.2 Å². The van der Waals surface area contributed by atoms with Crippen LogP contribution in [0.4, 0.5) is 5.69 Å². The molecule has 0 aliphatic carbocycles. The van der Waals surface area contributed by atoms with Crippen LogP contribution in [0.25, 0.3) is 0 Å². The van der Waals surface area contributed by atoms with Crippen LogP contribution in [0.5, 0.6) is 5.75 Å².